The van der Waals surface area contributed by atoms with Crippen LogP contribution in [0.25, 0.3) is 0 Å². The molecule has 0 radical (unpaired) electrons. The molecule has 1 aromatic rings. The Balaban J connectivity index is 2.79. The third kappa shape index (κ3) is 4.03. The number of nitrogens with zero attached hydrogens (tertiary/aromatic N) is 1. The van der Waals surface area contributed by atoms with Crippen LogP contribution < -0.4 is 0 Å². The lowest BCUT2D eigenvalue weighted by atomic mass is 10.1. The van der Waals surface area contributed by atoms with Crippen molar-refractivity contribution in [3.8, 4) is 0 Å². The fourth-order valence-corrected chi connectivity index (χ4v) is 1.65. The maximum atomic E-state index is 13.3. The molecule has 1 aromatic carbocycles. The van der Waals surface area contributed by atoms with Gasteiger partial charge in [-0.1, -0.05) is 4.40 Å². The van der Waals surface area contributed by atoms with Gasteiger partial charge in [-0.2, -0.15) is 0 Å². The molecule has 0 unspecified atom stereocenters. The molecule has 0 aromatic heterocycles. The Morgan fingerprint density at radius 2 is 1.72 bits per heavy atom. The lowest BCUT2D eigenvalue weighted by Gasteiger charge is -2.17. The first-order chi connectivity index (χ1) is 8.21. The maximum absolute atomic E-state index is 13.3. The van der Waals surface area contributed by atoms with Crippen LogP contribution in [-0.2, 0) is 17.8 Å². The van der Waals surface area contributed by atoms with Crippen molar-refractivity contribution in [2.45, 2.75) is 31.9 Å². The van der Waals surface area contributed by atoms with Crippen LogP contribution in [0.2, 0.25) is 0 Å². The molecule has 6 heteroatoms. The van der Waals surface area contributed by atoms with Crippen LogP contribution in [0.3, 0.4) is 0 Å². The number of hydrogen-bond acceptors (Lipinski definition) is 2. The maximum Gasteiger partial charge on any atom is 0.144 e. The van der Waals surface area contributed by atoms with Gasteiger partial charge in [-0.15, -0.1) is 0 Å². The Bertz CT molecular complexity index is 434. The Morgan fingerprint density at radius 1 is 1.22 bits per heavy atom. The van der Waals surface area contributed by atoms with Crippen LogP contribution in [0.4, 0.5) is 13.2 Å². The SMILES string of the molecule is CC(C)(C)[S@+]([O-])N=CCc1c(F)cc(F)cc1F. The molecule has 0 aliphatic rings. The second kappa shape index (κ2) is 5.75. The Kier molecular flexibility index (Phi) is 4.81. The van der Waals surface area contributed by atoms with Crippen LogP contribution in [0, 0.1) is 17.5 Å². The lowest BCUT2D eigenvalue weighted by Crippen LogP contribution is -2.25. The molecule has 0 saturated carbocycles. The number of benzene rings is 1. The highest BCUT2D eigenvalue weighted by Crippen LogP contribution is 2.18. The van der Waals surface area contributed by atoms with E-state index in [-0.39, 0.29) is 12.0 Å². The predicted molar refractivity (Wildman–Crippen MR) is 66.4 cm³/mol. The van der Waals surface area contributed by atoms with Gasteiger partial charge < -0.3 is 4.55 Å². The van der Waals surface area contributed by atoms with E-state index in [0.717, 1.165) is 0 Å². The quantitative estimate of drug-likeness (QED) is 0.617. The number of hydrogen-bond donors (Lipinski definition) is 0. The molecule has 18 heavy (non-hydrogen) atoms. The Hall–Kier alpha value is -1.01. The zero-order valence-electron chi connectivity index (χ0n) is 10.3. The molecule has 0 aliphatic carbocycles. The van der Waals surface area contributed by atoms with E-state index in [1.54, 1.807) is 20.8 Å². The zero-order chi connectivity index (χ0) is 13.9. The molecule has 0 heterocycles. The summed E-state index contributed by atoms with van der Waals surface area (Å²) in [6.07, 6.45) is 1.01. The summed E-state index contributed by atoms with van der Waals surface area (Å²) in [5, 5.41) is 0. The minimum Gasteiger partial charge on any atom is -0.591 e. The van der Waals surface area contributed by atoms with E-state index in [4.69, 9.17) is 0 Å². The summed E-state index contributed by atoms with van der Waals surface area (Å²) in [6, 6.07) is 1.21. The highest BCUT2D eigenvalue weighted by atomic mass is 32.2. The highest BCUT2D eigenvalue weighted by Gasteiger charge is 2.25. The molecule has 2 nitrogen and oxygen atoms in total. The molecule has 100 valence electrons. The van der Waals surface area contributed by atoms with E-state index in [9.17, 15) is 17.7 Å². The van der Waals surface area contributed by atoms with Gasteiger partial charge in [0.15, 0.2) is 0 Å². The normalized spacial score (nSPS) is 14.2. The van der Waals surface area contributed by atoms with Gasteiger partial charge in [0.25, 0.3) is 0 Å². The monoisotopic (exact) mass is 277 g/mol. The molecular formula is C12H14F3NOS. The second-order valence-corrected chi connectivity index (χ2v) is 6.64. The summed E-state index contributed by atoms with van der Waals surface area (Å²) in [6.45, 7) is 5.21. The summed E-state index contributed by atoms with van der Waals surface area (Å²) in [5.41, 5.74) is -0.286. The highest BCUT2D eigenvalue weighted by molar-refractivity contribution is 7.91. The van der Waals surface area contributed by atoms with Crippen molar-refractivity contribution in [1.29, 1.82) is 0 Å². The van der Waals surface area contributed by atoms with E-state index in [1.165, 1.54) is 6.21 Å². The van der Waals surface area contributed by atoms with E-state index < -0.39 is 33.6 Å². The van der Waals surface area contributed by atoms with Crippen molar-refractivity contribution in [3.05, 3.63) is 35.1 Å². The van der Waals surface area contributed by atoms with Crippen molar-refractivity contribution < 1.29 is 17.7 Å². The molecule has 1 atom stereocenters. The number of halogens is 3. The van der Waals surface area contributed by atoms with Crippen molar-refractivity contribution in [2.75, 3.05) is 0 Å². The van der Waals surface area contributed by atoms with Crippen LogP contribution in [0.15, 0.2) is 16.5 Å². The van der Waals surface area contributed by atoms with Gasteiger partial charge in [0, 0.05) is 24.1 Å². The first-order valence-electron chi connectivity index (χ1n) is 5.30. The van der Waals surface area contributed by atoms with Gasteiger partial charge in [-0.25, -0.2) is 13.2 Å². The van der Waals surface area contributed by atoms with E-state index in [2.05, 4.69) is 4.40 Å². The van der Waals surface area contributed by atoms with Crippen LogP contribution >= 0.6 is 0 Å². The van der Waals surface area contributed by atoms with Gasteiger partial charge in [0.05, 0.1) is 6.21 Å². The fourth-order valence-electron chi connectivity index (χ4n) is 1.12. The molecule has 0 spiro atoms. The first-order valence-corrected chi connectivity index (χ1v) is 6.40. The summed E-state index contributed by atoms with van der Waals surface area (Å²) in [5.74, 6) is -2.91. The molecule has 0 bridgehead atoms. The minimum atomic E-state index is -1.48. The predicted octanol–water partition coefficient (Wildman–Crippen LogP) is 3.18. The Morgan fingerprint density at radius 3 is 2.17 bits per heavy atom. The molecule has 0 saturated heterocycles. The van der Waals surface area contributed by atoms with Crippen molar-refractivity contribution in [1.82, 2.24) is 0 Å². The van der Waals surface area contributed by atoms with Gasteiger partial charge in [-0.3, -0.25) is 0 Å². The van der Waals surface area contributed by atoms with Crippen LogP contribution in [0.1, 0.15) is 26.3 Å². The third-order valence-electron chi connectivity index (χ3n) is 2.10. The first kappa shape index (κ1) is 15.0. The average molecular weight is 277 g/mol. The van der Waals surface area contributed by atoms with Gasteiger partial charge in [-0.05, 0) is 20.8 Å². The topological polar surface area (TPSA) is 35.4 Å². The Labute approximate surface area is 107 Å². The zero-order valence-corrected chi connectivity index (χ0v) is 11.2. The summed E-state index contributed by atoms with van der Waals surface area (Å²) in [7, 11) is 0. The molecule has 1 rings (SSSR count). The van der Waals surface area contributed by atoms with Crippen LogP contribution in [0.5, 0.6) is 0 Å². The smallest absolute Gasteiger partial charge is 0.144 e. The standard InChI is InChI=1S/C12H14F3NOS/c1-12(2,3)18(17)16-5-4-9-10(14)6-8(13)7-11(9)15/h5-7H,4H2,1-3H3/t18-/m0/s1. The van der Waals surface area contributed by atoms with Crippen molar-refractivity contribution >= 4 is 17.6 Å². The summed E-state index contributed by atoms with van der Waals surface area (Å²) in [4.78, 5) is 0. The van der Waals surface area contributed by atoms with Gasteiger partial charge in [0.2, 0.25) is 0 Å². The van der Waals surface area contributed by atoms with E-state index >= 15 is 0 Å². The fraction of sp³-hybridized carbons (Fsp3) is 0.417. The minimum absolute atomic E-state index is 0.167. The lowest BCUT2D eigenvalue weighted by molar-refractivity contribution is 0.530. The largest absolute Gasteiger partial charge is 0.591 e. The van der Waals surface area contributed by atoms with Crippen molar-refractivity contribution in [2.24, 2.45) is 4.40 Å². The van der Waals surface area contributed by atoms with E-state index in [0.29, 0.717) is 12.1 Å². The summed E-state index contributed by atoms with van der Waals surface area (Å²) >= 11 is -1.48. The molecule has 0 fully saturated rings. The number of rotatable bonds is 3. The third-order valence-corrected chi connectivity index (χ3v) is 3.48. The molecule has 0 N–H and O–H groups in total. The van der Waals surface area contributed by atoms with Crippen molar-refractivity contribution in [3.63, 3.8) is 0 Å². The van der Waals surface area contributed by atoms with Gasteiger partial charge >= 0.3 is 0 Å². The van der Waals surface area contributed by atoms with Crippen LogP contribution in [-0.4, -0.2) is 15.5 Å². The van der Waals surface area contributed by atoms with E-state index in [1.807, 2.05) is 0 Å². The average Bonchev–Trinajstić information content (AvgIpc) is 2.19. The second-order valence-electron chi connectivity index (χ2n) is 4.70. The molecular weight excluding hydrogens is 263 g/mol. The molecule has 0 aliphatic heterocycles. The van der Waals surface area contributed by atoms with Gasteiger partial charge in [0.1, 0.15) is 33.6 Å². The molecule has 0 amide bonds. The summed E-state index contributed by atoms with van der Waals surface area (Å²) < 4.78 is 53.9.